The number of halogens is 3. The van der Waals surface area contributed by atoms with Crippen molar-refractivity contribution in [1.29, 1.82) is 0 Å². The van der Waals surface area contributed by atoms with E-state index in [-0.39, 0.29) is 0 Å². The van der Waals surface area contributed by atoms with Gasteiger partial charge in [-0.05, 0) is 24.0 Å². The van der Waals surface area contributed by atoms with Crippen LogP contribution in [-0.2, 0) is 6.54 Å². The van der Waals surface area contributed by atoms with Gasteiger partial charge in [0.2, 0.25) is 0 Å². The number of nitrogens with one attached hydrogen (secondary N) is 1. The lowest BCUT2D eigenvalue weighted by molar-refractivity contribution is 0.444. The molecule has 0 saturated heterocycles. The second-order valence-corrected chi connectivity index (χ2v) is 4.83. The highest BCUT2D eigenvalue weighted by Gasteiger charge is 2.10. The Morgan fingerprint density at radius 2 is 1.81 bits per heavy atom. The molecule has 0 fully saturated rings. The first-order valence-corrected chi connectivity index (χ1v) is 6.20. The van der Waals surface area contributed by atoms with Gasteiger partial charge in [-0.1, -0.05) is 6.92 Å². The smallest absolute Gasteiger partial charge is 0.194 e. The van der Waals surface area contributed by atoms with Gasteiger partial charge in [0.15, 0.2) is 17.5 Å². The highest BCUT2D eigenvalue weighted by Crippen LogP contribution is 2.13. The van der Waals surface area contributed by atoms with E-state index in [0.29, 0.717) is 17.4 Å². The van der Waals surface area contributed by atoms with Gasteiger partial charge >= 0.3 is 0 Å². The van der Waals surface area contributed by atoms with Crippen molar-refractivity contribution in [3.63, 3.8) is 0 Å². The third kappa shape index (κ3) is 3.72. The lowest BCUT2D eigenvalue weighted by Gasteiger charge is -2.10. The van der Waals surface area contributed by atoms with Crippen LogP contribution in [0.4, 0.5) is 13.2 Å². The van der Waals surface area contributed by atoms with Gasteiger partial charge in [-0.2, -0.15) is 11.8 Å². The maximum atomic E-state index is 12.8. The second kappa shape index (κ2) is 6.15. The van der Waals surface area contributed by atoms with Crippen LogP contribution >= 0.6 is 11.8 Å². The number of rotatable bonds is 5. The van der Waals surface area contributed by atoms with Gasteiger partial charge in [-0.15, -0.1) is 0 Å². The highest BCUT2D eigenvalue weighted by molar-refractivity contribution is 7.99. The van der Waals surface area contributed by atoms with Crippen molar-refractivity contribution in [2.75, 3.05) is 12.8 Å². The molecule has 1 N–H and O–H groups in total. The predicted molar refractivity (Wildman–Crippen MR) is 61.0 cm³/mol. The van der Waals surface area contributed by atoms with E-state index in [9.17, 15) is 13.2 Å². The molecule has 0 aliphatic rings. The zero-order valence-corrected chi connectivity index (χ0v) is 10.0. The molecule has 1 aromatic carbocycles. The largest absolute Gasteiger partial charge is 0.312 e. The third-order valence-electron chi connectivity index (χ3n) is 2.21. The third-order valence-corrected chi connectivity index (χ3v) is 3.18. The normalized spacial score (nSPS) is 12.8. The molecular formula is C11H14F3NS. The fraction of sp³-hybridized carbons (Fsp3) is 0.455. The molecule has 0 heterocycles. The average molecular weight is 249 g/mol. The molecule has 0 amide bonds. The molecular weight excluding hydrogens is 235 g/mol. The summed E-state index contributed by atoms with van der Waals surface area (Å²) in [6.07, 6.45) is 1.99. The van der Waals surface area contributed by atoms with Crippen molar-refractivity contribution in [3.8, 4) is 0 Å². The van der Waals surface area contributed by atoms with Crippen LogP contribution < -0.4 is 5.32 Å². The summed E-state index contributed by atoms with van der Waals surface area (Å²) in [5.41, 5.74) is 0.407. The maximum absolute atomic E-state index is 12.8. The van der Waals surface area contributed by atoms with Crippen molar-refractivity contribution in [3.05, 3.63) is 35.1 Å². The average Bonchev–Trinajstić information content (AvgIpc) is 2.25. The minimum absolute atomic E-state index is 0.332. The van der Waals surface area contributed by atoms with E-state index in [2.05, 4.69) is 5.32 Å². The highest BCUT2D eigenvalue weighted by atomic mass is 32.2. The topological polar surface area (TPSA) is 12.0 Å². The fourth-order valence-electron chi connectivity index (χ4n) is 1.21. The van der Waals surface area contributed by atoms with Crippen LogP contribution in [0, 0.1) is 17.5 Å². The second-order valence-electron chi connectivity index (χ2n) is 3.55. The standard InChI is InChI=1S/C11H14F3NS/c1-7(16-2)5-15-6-8-3-9(12)11(14)10(13)4-8/h3-4,7,15H,5-6H2,1-2H3. The van der Waals surface area contributed by atoms with Crippen molar-refractivity contribution in [2.24, 2.45) is 0 Å². The molecule has 0 spiro atoms. The fourth-order valence-corrected chi connectivity index (χ4v) is 1.50. The lowest BCUT2D eigenvalue weighted by Crippen LogP contribution is -2.22. The quantitative estimate of drug-likeness (QED) is 0.805. The lowest BCUT2D eigenvalue weighted by atomic mass is 10.2. The summed E-state index contributed by atoms with van der Waals surface area (Å²) in [7, 11) is 0. The van der Waals surface area contributed by atoms with Gasteiger partial charge in [0, 0.05) is 18.3 Å². The Hall–Kier alpha value is -0.680. The molecule has 0 aliphatic carbocycles. The predicted octanol–water partition coefficient (Wildman–Crippen LogP) is 2.95. The van der Waals surface area contributed by atoms with Crippen LogP contribution in [-0.4, -0.2) is 18.1 Å². The first kappa shape index (κ1) is 13.4. The van der Waals surface area contributed by atoms with Crippen LogP contribution in [0.25, 0.3) is 0 Å². The van der Waals surface area contributed by atoms with Gasteiger partial charge in [-0.3, -0.25) is 0 Å². The molecule has 1 nitrogen and oxygen atoms in total. The molecule has 16 heavy (non-hydrogen) atoms. The minimum Gasteiger partial charge on any atom is -0.312 e. The zero-order chi connectivity index (χ0) is 12.1. The number of hydrogen-bond acceptors (Lipinski definition) is 2. The summed E-state index contributed by atoms with van der Waals surface area (Å²) in [5.74, 6) is -3.70. The molecule has 1 unspecified atom stereocenters. The van der Waals surface area contributed by atoms with E-state index >= 15 is 0 Å². The summed E-state index contributed by atoms with van der Waals surface area (Å²) < 4.78 is 38.3. The van der Waals surface area contributed by atoms with Crippen molar-refractivity contribution < 1.29 is 13.2 Å². The molecule has 1 aromatic rings. The van der Waals surface area contributed by atoms with E-state index in [4.69, 9.17) is 0 Å². The Morgan fingerprint density at radius 3 is 2.31 bits per heavy atom. The van der Waals surface area contributed by atoms with E-state index < -0.39 is 17.5 Å². The Kier molecular flexibility index (Phi) is 5.15. The van der Waals surface area contributed by atoms with E-state index in [1.165, 1.54) is 0 Å². The molecule has 1 atom stereocenters. The van der Waals surface area contributed by atoms with Crippen LogP contribution in [0.5, 0.6) is 0 Å². The summed E-state index contributed by atoms with van der Waals surface area (Å²) in [4.78, 5) is 0. The van der Waals surface area contributed by atoms with Crippen LogP contribution in [0.2, 0.25) is 0 Å². The zero-order valence-electron chi connectivity index (χ0n) is 9.19. The first-order valence-electron chi connectivity index (χ1n) is 4.91. The Morgan fingerprint density at radius 1 is 1.25 bits per heavy atom. The Bertz CT molecular complexity index is 334. The van der Waals surface area contributed by atoms with Crippen molar-refractivity contribution in [2.45, 2.75) is 18.7 Å². The molecule has 90 valence electrons. The van der Waals surface area contributed by atoms with Gasteiger partial charge in [0.1, 0.15) is 0 Å². The van der Waals surface area contributed by atoms with Crippen LogP contribution in [0.15, 0.2) is 12.1 Å². The van der Waals surface area contributed by atoms with Crippen molar-refractivity contribution >= 4 is 11.8 Å². The van der Waals surface area contributed by atoms with Gasteiger partial charge < -0.3 is 5.32 Å². The van der Waals surface area contributed by atoms with Crippen LogP contribution in [0.1, 0.15) is 12.5 Å². The summed E-state index contributed by atoms with van der Waals surface area (Å²) in [6, 6.07) is 2.02. The Labute approximate surface area is 97.4 Å². The molecule has 1 rings (SSSR count). The molecule has 0 radical (unpaired) electrons. The summed E-state index contributed by atoms with van der Waals surface area (Å²) >= 11 is 1.70. The summed E-state index contributed by atoms with van der Waals surface area (Å²) in [6.45, 7) is 3.12. The molecule has 5 heteroatoms. The van der Waals surface area contributed by atoms with Gasteiger partial charge in [0.25, 0.3) is 0 Å². The number of thioether (sulfide) groups is 1. The molecule has 0 bridgehead atoms. The maximum Gasteiger partial charge on any atom is 0.194 e. The van der Waals surface area contributed by atoms with Gasteiger partial charge in [-0.25, -0.2) is 13.2 Å². The van der Waals surface area contributed by atoms with Crippen LogP contribution in [0.3, 0.4) is 0 Å². The molecule has 0 saturated carbocycles. The van der Waals surface area contributed by atoms with Crippen molar-refractivity contribution in [1.82, 2.24) is 5.32 Å². The Balaban J connectivity index is 2.55. The molecule has 0 aliphatic heterocycles. The minimum atomic E-state index is -1.42. The van der Waals surface area contributed by atoms with E-state index in [1.54, 1.807) is 11.8 Å². The van der Waals surface area contributed by atoms with E-state index in [0.717, 1.165) is 18.7 Å². The first-order chi connectivity index (χ1) is 7.54. The van der Waals surface area contributed by atoms with E-state index in [1.807, 2.05) is 13.2 Å². The number of hydrogen-bond donors (Lipinski definition) is 1. The monoisotopic (exact) mass is 249 g/mol. The summed E-state index contributed by atoms with van der Waals surface area (Å²) in [5, 5.41) is 3.48. The SMILES string of the molecule is CSC(C)CNCc1cc(F)c(F)c(F)c1. The number of benzene rings is 1. The van der Waals surface area contributed by atoms with Gasteiger partial charge in [0.05, 0.1) is 0 Å². The molecule has 0 aromatic heterocycles.